The third-order valence-electron chi connectivity index (χ3n) is 6.93. The molecule has 3 atom stereocenters. The molecule has 41 heavy (non-hydrogen) atoms. The number of benzene rings is 3. The van der Waals surface area contributed by atoms with Gasteiger partial charge in [0.25, 0.3) is 15.9 Å². The van der Waals surface area contributed by atoms with Crippen LogP contribution in [0.1, 0.15) is 24.2 Å². The molecule has 0 bridgehead atoms. The summed E-state index contributed by atoms with van der Waals surface area (Å²) in [7, 11) is -6.54. The minimum absolute atomic E-state index is 0.0455. The van der Waals surface area contributed by atoms with Gasteiger partial charge in [-0.2, -0.15) is 4.31 Å². The number of hydrogen-bond donors (Lipinski definition) is 2. The van der Waals surface area contributed by atoms with Gasteiger partial charge in [-0.3, -0.25) is 9.52 Å². The van der Waals surface area contributed by atoms with Gasteiger partial charge in [0.05, 0.1) is 34.5 Å². The molecule has 1 aliphatic heterocycles. The van der Waals surface area contributed by atoms with E-state index in [2.05, 4.69) is 4.72 Å². The molecule has 2 N–H and O–H groups in total. The van der Waals surface area contributed by atoms with Crippen molar-refractivity contribution in [2.24, 2.45) is 5.92 Å². The molecular weight excluding hydrogens is 573 g/mol. The first-order valence-corrected chi connectivity index (χ1v) is 15.8. The largest absolute Gasteiger partial charge is 0.488 e. The Hall–Kier alpha value is -3.52. The maximum absolute atomic E-state index is 13.6. The van der Waals surface area contributed by atoms with Gasteiger partial charge >= 0.3 is 0 Å². The summed E-state index contributed by atoms with van der Waals surface area (Å²) in [5, 5.41) is 9.87. The lowest BCUT2D eigenvalue weighted by Gasteiger charge is -2.38. The summed E-state index contributed by atoms with van der Waals surface area (Å²) in [5.41, 5.74) is 0.182. The van der Waals surface area contributed by atoms with E-state index in [9.17, 15) is 31.1 Å². The predicted octanol–water partition coefficient (Wildman–Crippen LogP) is 3.17. The molecule has 0 spiro atoms. The van der Waals surface area contributed by atoms with Gasteiger partial charge in [-0.25, -0.2) is 21.2 Å². The van der Waals surface area contributed by atoms with Crippen LogP contribution >= 0.6 is 0 Å². The first kappa shape index (κ1) is 30.4. The topological polar surface area (TPSA) is 133 Å². The van der Waals surface area contributed by atoms with Crippen molar-refractivity contribution in [1.29, 1.82) is 0 Å². The fourth-order valence-corrected chi connectivity index (χ4v) is 6.71. The highest BCUT2D eigenvalue weighted by atomic mass is 32.2. The molecule has 0 radical (unpaired) electrons. The van der Waals surface area contributed by atoms with E-state index in [1.165, 1.54) is 54.4 Å². The van der Waals surface area contributed by atoms with Gasteiger partial charge in [0.2, 0.25) is 10.0 Å². The Morgan fingerprint density at radius 3 is 2.34 bits per heavy atom. The van der Waals surface area contributed by atoms with E-state index in [1.54, 1.807) is 32.0 Å². The molecule has 1 aliphatic rings. The molecule has 0 aliphatic carbocycles. The van der Waals surface area contributed by atoms with Gasteiger partial charge in [0, 0.05) is 25.2 Å². The molecule has 0 saturated carbocycles. The minimum Gasteiger partial charge on any atom is -0.488 e. The smallest absolute Gasteiger partial charge is 0.261 e. The number of carbonyl (C=O) groups is 1. The maximum atomic E-state index is 13.6. The van der Waals surface area contributed by atoms with E-state index in [4.69, 9.17) is 4.74 Å². The van der Waals surface area contributed by atoms with Crippen LogP contribution in [0.3, 0.4) is 0 Å². The van der Waals surface area contributed by atoms with Crippen molar-refractivity contribution in [2.45, 2.75) is 35.8 Å². The number of aliphatic hydroxyl groups is 1. The van der Waals surface area contributed by atoms with Gasteiger partial charge in [-0.1, -0.05) is 25.1 Å². The SMILES string of the molecule is C[C@H]1CN([C@@H](C)CO)C(=O)c2cc(NS(=O)(=O)c3ccccc3)ccc2O[C@H]1CN(C)S(=O)(=O)c1ccc(F)cc1. The second kappa shape index (κ2) is 12.1. The van der Waals surface area contributed by atoms with Crippen LogP contribution < -0.4 is 9.46 Å². The number of aliphatic hydroxyl groups excluding tert-OH is 1. The molecule has 0 unspecified atom stereocenters. The molecule has 220 valence electrons. The fraction of sp³-hybridized carbons (Fsp3) is 0.321. The summed E-state index contributed by atoms with van der Waals surface area (Å²) >= 11 is 0. The van der Waals surface area contributed by atoms with E-state index in [0.717, 1.165) is 16.4 Å². The summed E-state index contributed by atoms with van der Waals surface area (Å²) < 4.78 is 75.3. The Bertz CT molecular complexity index is 1600. The summed E-state index contributed by atoms with van der Waals surface area (Å²) in [5.74, 6) is -1.27. The highest BCUT2D eigenvalue weighted by molar-refractivity contribution is 7.92. The zero-order valence-corrected chi connectivity index (χ0v) is 24.4. The number of fused-ring (bicyclic) bond motifs is 1. The molecule has 1 amide bonds. The maximum Gasteiger partial charge on any atom is 0.261 e. The van der Waals surface area contributed by atoms with E-state index < -0.39 is 43.9 Å². The van der Waals surface area contributed by atoms with Crippen LogP contribution in [0.2, 0.25) is 0 Å². The number of halogens is 1. The lowest BCUT2D eigenvalue weighted by atomic mass is 9.99. The van der Waals surface area contributed by atoms with Crippen molar-refractivity contribution in [3.05, 3.63) is 84.2 Å². The van der Waals surface area contributed by atoms with Crippen molar-refractivity contribution < 1.29 is 35.9 Å². The zero-order chi connectivity index (χ0) is 29.9. The molecule has 4 rings (SSSR count). The third kappa shape index (κ3) is 6.70. The first-order valence-electron chi connectivity index (χ1n) is 12.9. The molecule has 0 fully saturated rings. The van der Waals surface area contributed by atoms with Crippen LogP contribution in [0.25, 0.3) is 0 Å². The second-order valence-corrected chi connectivity index (χ2v) is 13.7. The Kier molecular flexibility index (Phi) is 9.02. The van der Waals surface area contributed by atoms with E-state index in [0.29, 0.717) is 0 Å². The van der Waals surface area contributed by atoms with Crippen LogP contribution in [0, 0.1) is 11.7 Å². The predicted molar refractivity (Wildman–Crippen MR) is 151 cm³/mol. The molecule has 1 heterocycles. The number of ether oxygens (including phenoxy) is 1. The number of carbonyl (C=O) groups excluding carboxylic acids is 1. The highest BCUT2D eigenvalue weighted by Gasteiger charge is 2.35. The van der Waals surface area contributed by atoms with E-state index in [1.807, 2.05) is 0 Å². The number of anilines is 1. The van der Waals surface area contributed by atoms with E-state index >= 15 is 0 Å². The fourth-order valence-electron chi connectivity index (χ4n) is 4.46. The minimum atomic E-state index is -3.99. The number of amides is 1. The first-order chi connectivity index (χ1) is 19.3. The highest BCUT2D eigenvalue weighted by Crippen LogP contribution is 2.32. The van der Waals surface area contributed by atoms with Gasteiger partial charge in [-0.15, -0.1) is 0 Å². The van der Waals surface area contributed by atoms with Crippen LogP contribution in [0.15, 0.2) is 82.6 Å². The van der Waals surface area contributed by atoms with Gasteiger partial charge in [0.15, 0.2) is 0 Å². The summed E-state index contributed by atoms with van der Waals surface area (Å²) in [4.78, 5) is 15.1. The molecule has 10 nitrogen and oxygen atoms in total. The Morgan fingerprint density at radius 1 is 1.05 bits per heavy atom. The van der Waals surface area contributed by atoms with Crippen LogP contribution in [0.5, 0.6) is 5.75 Å². The molecular formula is C28H32FN3O7S2. The van der Waals surface area contributed by atoms with Crippen molar-refractivity contribution >= 4 is 31.6 Å². The number of sulfonamides is 2. The molecule has 3 aromatic carbocycles. The zero-order valence-electron chi connectivity index (χ0n) is 22.8. The normalized spacial score (nSPS) is 18.7. The van der Waals surface area contributed by atoms with Crippen molar-refractivity contribution in [2.75, 3.05) is 31.5 Å². The molecule has 0 saturated heterocycles. The number of nitrogens with zero attached hydrogens (tertiary/aromatic N) is 2. The number of rotatable bonds is 9. The lowest BCUT2D eigenvalue weighted by molar-refractivity contribution is 0.0387. The lowest BCUT2D eigenvalue weighted by Crippen LogP contribution is -2.50. The Labute approximate surface area is 239 Å². The number of likely N-dealkylation sites (N-methyl/N-ethyl adjacent to an activating group) is 1. The monoisotopic (exact) mass is 605 g/mol. The molecule has 3 aromatic rings. The van der Waals surface area contributed by atoms with Crippen molar-refractivity contribution in [3.8, 4) is 5.75 Å². The molecule has 0 aromatic heterocycles. The summed E-state index contributed by atoms with van der Waals surface area (Å²) in [6.45, 7) is 3.20. The van der Waals surface area contributed by atoms with Crippen LogP contribution in [0.4, 0.5) is 10.1 Å². The second-order valence-electron chi connectivity index (χ2n) is 9.99. The Morgan fingerprint density at radius 2 is 1.71 bits per heavy atom. The molecule has 13 heteroatoms. The number of nitrogens with one attached hydrogen (secondary N) is 1. The number of hydrogen-bond acceptors (Lipinski definition) is 7. The Balaban J connectivity index is 1.68. The standard InChI is InChI=1S/C28H32FN3O7S2/c1-19-16-32(20(2)18-33)28(34)25-15-22(30-40(35,36)23-7-5-4-6-8-23)11-14-26(25)39-27(19)17-31(3)41(37,38)24-12-9-21(29)10-13-24/h4-15,19-20,27,30,33H,16-18H2,1-3H3/t19-,20-,27-/m0/s1. The third-order valence-corrected chi connectivity index (χ3v) is 10.2. The average molecular weight is 606 g/mol. The van der Waals surface area contributed by atoms with Crippen LogP contribution in [-0.2, 0) is 20.0 Å². The van der Waals surface area contributed by atoms with Gasteiger partial charge in [-0.05, 0) is 61.5 Å². The van der Waals surface area contributed by atoms with Crippen molar-refractivity contribution in [1.82, 2.24) is 9.21 Å². The van der Waals surface area contributed by atoms with Gasteiger partial charge < -0.3 is 14.7 Å². The van der Waals surface area contributed by atoms with E-state index in [-0.39, 0.29) is 52.4 Å². The van der Waals surface area contributed by atoms with Crippen molar-refractivity contribution in [3.63, 3.8) is 0 Å². The quantitative estimate of drug-likeness (QED) is 0.383. The van der Waals surface area contributed by atoms with Crippen LogP contribution in [-0.4, -0.2) is 75.9 Å². The average Bonchev–Trinajstić information content (AvgIpc) is 2.95. The summed E-state index contributed by atoms with van der Waals surface area (Å²) in [6, 6.07) is 15.9. The van der Waals surface area contributed by atoms with Gasteiger partial charge in [0.1, 0.15) is 17.7 Å². The summed E-state index contributed by atoms with van der Waals surface area (Å²) in [6.07, 6.45) is -0.734.